The van der Waals surface area contributed by atoms with Crippen molar-refractivity contribution in [1.29, 1.82) is 0 Å². The molecule has 4 nitrogen and oxygen atoms in total. The van der Waals surface area contributed by atoms with Crippen LogP contribution in [-0.2, 0) is 12.8 Å². The topological polar surface area (TPSA) is 56.5 Å². The minimum absolute atomic E-state index is 0.140. The first-order chi connectivity index (χ1) is 13.0. The van der Waals surface area contributed by atoms with Crippen molar-refractivity contribution in [1.82, 2.24) is 0 Å². The molecule has 1 heterocycles. The lowest BCUT2D eigenvalue weighted by Crippen LogP contribution is -2.24. The van der Waals surface area contributed by atoms with E-state index in [-0.39, 0.29) is 11.4 Å². The molecule has 138 valence electrons. The molecule has 1 aliphatic rings. The minimum Gasteiger partial charge on any atom is -0.481 e. The number of rotatable bonds is 4. The van der Waals surface area contributed by atoms with Gasteiger partial charge in [-0.25, -0.2) is 4.79 Å². The van der Waals surface area contributed by atoms with Gasteiger partial charge >= 0.3 is 5.63 Å². The fraction of sp³-hybridized carbons (Fsp3) is 0.273. The Morgan fingerprint density at radius 3 is 2.56 bits per heavy atom. The Hall–Kier alpha value is -2.59. The minimum atomic E-state index is -0.716. The van der Waals surface area contributed by atoms with Crippen LogP contribution in [0.5, 0.6) is 5.75 Å². The van der Waals surface area contributed by atoms with Crippen molar-refractivity contribution in [2.24, 2.45) is 0 Å². The summed E-state index contributed by atoms with van der Waals surface area (Å²) in [6.45, 7) is 1.68. The number of Topliss-reactive ketones (excluding diaryl/α,β-unsaturated/α-hetero) is 1. The summed E-state index contributed by atoms with van der Waals surface area (Å²) in [5.74, 6) is 0.193. The van der Waals surface area contributed by atoms with Crippen molar-refractivity contribution in [3.05, 3.63) is 74.6 Å². The molecule has 4 rings (SSSR count). The van der Waals surface area contributed by atoms with Gasteiger partial charge in [-0.15, -0.1) is 0 Å². The molecule has 2 aromatic carbocycles. The van der Waals surface area contributed by atoms with Gasteiger partial charge in [-0.05, 0) is 44.2 Å². The fourth-order valence-electron chi connectivity index (χ4n) is 3.62. The van der Waals surface area contributed by atoms with Crippen LogP contribution in [0.2, 0.25) is 5.02 Å². The molecule has 0 saturated heterocycles. The number of ketones is 1. The van der Waals surface area contributed by atoms with Gasteiger partial charge in [0, 0.05) is 22.6 Å². The van der Waals surface area contributed by atoms with E-state index < -0.39 is 6.10 Å². The molecule has 0 fully saturated rings. The van der Waals surface area contributed by atoms with E-state index in [0.29, 0.717) is 21.9 Å². The quantitative estimate of drug-likeness (QED) is 0.472. The molecule has 0 aliphatic heterocycles. The summed E-state index contributed by atoms with van der Waals surface area (Å²) in [6, 6.07) is 12.3. The Labute approximate surface area is 161 Å². The predicted octanol–water partition coefficient (Wildman–Crippen LogP) is 4.98. The average Bonchev–Trinajstić information content (AvgIpc) is 2.69. The number of hydrogen-bond acceptors (Lipinski definition) is 4. The maximum Gasteiger partial charge on any atom is 0.339 e. The second kappa shape index (κ2) is 7.20. The number of ether oxygens (including phenoxy) is 1. The van der Waals surface area contributed by atoms with Gasteiger partial charge < -0.3 is 9.15 Å². The van der Waals surface area contributed by atoms with Crippen LogP contribution in [0.4, 0.5) is 0 Å². The first-order valence-electron chi connectivity index (χ1n) is 9.08. The molecule has 1 aromatic heterocycles. The van der Waals surface area contributed by atoms with Crippen LogP contribution in [0, 0.1) is 0 Å². The van der Waals surface area contributed by atoms with Gasteiger partial charge in [0.2, 0.25) is 5.78 Å². The molecule has 1 unspecified atom stereocenters. The van der Waals surface area contributed by atoms with Crippen LogP contribution >= 0.6 is 11.6 Å². The molecular formula is C22H19ClO4. The molecular weight excluding hydrogens is 364 g/mol. The summed E-state index contributed by atoms with van der Waals surface area (Å²) < 4.78 is 11.3. The predicted molar refractivity (Wildman–Crippen MR) is 105 cm³/mol. The van der Waals surface area contributed by atoms with E-state index in [2.05, 4.69) is 0 Å². The first kappa shape index (κ1) is 17.8. The molecule has 0 spiro atoms. The van der Waals surface area contributed by atoms with Crippen LogP contribution in [0.1, 0.15) is 41.3 Å². The van der Waals surface area contributed by atoms with Crippen molar-refractivity contribution in [2.75, 3.05) is 0 Å². The highest BCUT2D eigenvalue weighted by Crippen LogP contribution is 2.34. The lowest BCUT2D eigenvalue weighted by Gasteiger charge is -2.18. The normalized spacial score (nSPS) is 14.6. The van der Waals surface area contributed by atoms with Crippen molar-refractivity contribution >= 4 is 28.4 Å². The highest BCUT2D eigenvalue weighted by atomic mass is 35.5. The Morgan fingerprint density at radius 2 is 1.81 bits per heavy atom. The summed E-state index contributed by atoms with van der Waals surface area (Å²) >= 11 is 6.42. The summed E-state index contributed by atoms with van der Waals surface area (Å²) in [6.07, 6.45) is 2.91. The highest BCUT2D eigenvalue weighted by molar-refractivity contribution is 6.32. The molecule has 0 bridgehead atoms. The standard InChI is InChI=1S/C22H19ClO4/c1-13(21(24)14-7-3-2-4-8-14)26-20-12-19-17(11-18(20)23)15-9-5-6-10-16(15)22(25)27-19/h2-4,7-8,11-13H,5-6,9-10H2,1H3. The summed E-state index contributed by atoms with van der Waals surface area (Å²) in [4.78, 5) is 24.8. The Bertz CT molecular complexity index is 1070. The van der Waals surface area contributed by atoms with Gasteiger partial charge in [0.15, 0.2) is 6.10 Å². The lowest BCUT2D eigenvalue weighted by molar-refractivity contribution is 0.0818. The molecule has 3 aromatic rings. The SMILES string of the molecule is CC(Oc1cc2oc(=O)c3c(c2cc1Cl)CCCC3)C(=O)c1ccccc1. The summed E-state index contributed by atoms with van der Waals surface area (Å²) in [7, 11) is 0. The third-order valence-electron chi connectivity index (χ3n) is 5.01. The maximum absolute atomic E-state index is 12.5. The monoisotopic (exact) mass is 382 g/mol. The average molecular weight is 383 g/mol. The van der Waals surface area contributed by atoms with Crippen molar-refractivity contribution in [3.63, 3.8) is 0 Å². The zero-order chi connectivity index (χ0) is 19.0. The second-order valence-electron chi connectivity index (χ2n) is 6.82. The molecule has 0 amide bonds. The number of aryl methyl sites for hydroxylation is 1. The Morgan fingerprint density at radius 1 is 1.11 bits per heavy atom. The number of halogens is 1. The fourth-order valence-corrected chi connectivity index (χ4v) is 3.82. The van der Waals surface area contributed by atoms with Crippen molar-refractivity contribution in [2.45, 2.75) is 38.7 Å². The van der Waals surface area contributed by atoms with Crippen LogP contribution in [-0.4, -0.2) is 11.9 Å². The van der Waals surface area contributed by atoms with Crippen LogP contribution in [0.15, 0.2) is 51.7 Å². The number of carbonyl (C=O) groups is 1. The highest BCUT2D eigenvalue weighted by Gasteiger charge is 2.22. The zero-order valence-electron chi connectivity index (χ0n) is 15.0. The molecule has 0 radical (unpaired) electrons. The van der Waals surface area contributed by atoms with Crippen LogP contribution < -0.4 is 10.4 Å². The number of fused-ring (bicyclic) bond motifs is 3. The van der Waals surface area contributed by atoms with Crippen molar-refractivity contribution < 1.29 is 13.9 Å². The number of carbonyl (C=O) groups excluding carboxylic acids is 1. The largest absolute Gasteiger partial charge is 0.481 e. The van der Waals surface area contributed by atoms with E-state index in [1.165, 1.54) is 0 Å². The molecule has 5 heteroatoms. The Balaban J connectivity index is 1.69. The molecule has 1 aliphatic carbocycles. The van der Waals surface area contributed by atoms with Gasteiger partial charge in [0.05, 0.1) is 5.02 Å². The van der Waals surface area contributed by atoms with Gasteiger partial charge in [-0.3, -0.25) is 4.79 Å². The van der Waals surface area contributed by atoms with E-state index >= 15 is 0 Å². The van der Waals surface area contributed by atoms with E-state index in [0.717, 1.165) is 42.2 Å². The van der Waals surface area contributed by atoms with Crippen LogP contribution in [0.25, 0.3) is 11.0 Å². The van der Waals surface area contributed by atoms with Gasteiger partial charge in [0.25, 0.3) is 0 Å². The van der Waals surface area contributed by atoms with Gasteiger partial charge in [-0.1, -0.05) is 41.9 Å². The number of benzene rings is 2. The lowest BCUT2D eigenvalue weighted by atomic mass is 9.90. The Kier molecular flexibility index (Phi) is 4.75. The molecule has 0 saturated carbocycles. The van der Waals surface area contributed by atoms with E-state index in [1.807, 2.05) is 6.07 Å². The molecule has 27 heavy (non-hydrogen) atoms. The van der Waals surface area contributed by atoms with E-state index in [9.17, 15) is 9.59 Å². The summed E-state index contributed by atoms with van der Waals surface area (Å²) in [5, 5.41) is 1.25. The smallest absolute Gasteiger partial charge is 0.339 e. The summed E-state index contributed by atoms with van der Waals surface area (Å²) in [5.41, 5.74) is 2.50. The maximum atomic E-state index is 12.5. The van der Waals surface area contributed by atoms with Crippen molar-refractivity contribution in [3.8, 4) is 5.75 Å². The molecule has 1 atom stereocenters. The zero-order valence-corrected chi connectivity index (χ0v) is 15.7. The van der Waals surface area contributed by atoms with E-state index in [1.54, 1.807) is 43.3 Å². The third-order valence-corrected chi connectivity index (χ3v) is 5.30. The second-order valence-corrected chi connectivity index (χ2v) is 7.23. The first-order valence-corrected chi connectivity index (χ1v) is 9.46. The van der Waals surface area contributed by atoms with Crippen LogP contribution in [0.3, 0.4) is 0 Å². The van der Waals surface area contributed by atoms with Gasteiger partial charge in [0.1, 0.15) is 11.3 Å². The third kappa shape index (κ3) is 3.37. The number of hydrogen-bond donors (Lipinski definition) is 0. The van der Waals surface area contributed by atoms with E-state index in [4.69, 9.17) is 20.8 Å². The molecule has 0 N–H and O–H groups in total. The van der Waals surface area contributed by atoms with Gasteiger partial charge in [-0.2, -0.15) is 0 Å².